The number of methoxy groups -OCH3 is 1. The largest absolute Gasteiger partial charge is 0.497 e. The van der Waals surface area contributed by atoms with Crippen molar-refractivity contribution in [1.82, 2.24) is 25.2 Å². The van der Waals surface area contributed by atoms with Crippen molar-refractivity contribution in [2.24, 2.45) is 5.92 Å². The Morgan fingerprint density at radius 3 is 2.51 bits per heavy atom. The number of aromatic nitrogens is 1. The first kappa shape index (κ1) is 42.0. The van der Waals surface area contributed by atoms with Crippen LogP contribution >= 0.6 is 0 Å². The summed E-state index contributed by atoms with van der Waals surface area (Å²) in [5.74, 6) is -2.46. The zero-order valence-electron chi connectivity index (χ0n) is 32.5. The maximum absolute atomic E-state index is 14.6. The lowest BCUT2D eigenvalue weighted by molar-refractivity contribution is -0.244. The molecule has 3 N–H and O–H groups in total. The zero-order valence-corrected chi connectivity index (χ0v) is 33.3. The number of benzene rings is 1. The van der Waals surface area contributed by atoms with Crippen LogP contribution in [0.2, 0.25) is 0 Å². The average Bonchev–Trinajstić information content (AvgIpc) is 4.01. The van der Waals surface area contributed by atoms with Crippen molar-refractivity contribution in [3.05, 3.63) is 42.6 Å². The van der Waals surface area contributed by atoms with Gasteiger partial charge < -0.3 is 34.5 Å². The lowest BCUT2D eigenvalue weighted by atomic mass is 10.1. The predicted molar refractivity (Wildman–Crippen MR) is 198 cm³/mol. The molecule has 1 aromatic carbocycles. The van der Waals surface area contributed by atoms with Gasteiger partial charge in [0.25, 0.3) is 5.91 Å². The van der Waals surface area contributed by atoms with E-state index in [4.69, 9.17) is 18.9 Å². The first-order chi connectivity index (χ1) is 26.6. The number of pyridine rings is 1. The third kappa shape index (κ3) is 8.63. The summed E-state index contributed by atoms with van der Waals surface area (Å²) in [4.78, 5) is 61.5. The average molecular weight is 824 g/mol. The maximum atomic E-state index is 14.6. The van der Waals surface area contributed by atoms with Crippen molar-refractivity contribution >= 4 is 44.6 Å². The second-order valence-corrected chi connectivity index (χ2v) is 18.2. The Balaban J connectivity index is 1.35. The number of alkyl halides is 3. The summed E-state index contributed by atoms with van der Waals surface area (Å²) in [5.41, 5.74) is -4.59. The van der Waals surface area contributed by atoms with Crippen LogP contribution in [0.1, 0.15) is 73.1 Å². The Hall–Kier alpha value is -4.65. The number of sulfonamides is 1. The molecular weight excluding hydrogens is 776 g/mol. The Bertz CT molecular complexity index is 2060. The Kier molecular flexibility index (Phi) is 11.2. The maximum Gasteiger partial charge on any atom is 0.427 e. The van der Waals surface area contributed by atoms with E-state index < -0.39 is 92.2 Å². The fraction of sp³-hybridized carbons (Fsp3) is 0.605. The molecule has 0 radical (unpaired) electrons. The lowest BCUT2D eigenvalue weighted by Crippen LogP contribution is -2.60. The molecule has 4 aliphatic rings. The van der Waals surface area contributed by atoms with Crippen LogP contribution in [0.15, 0.2) is 42.6 Å². The van der Waals surface area contributed by atoms with Gasteiger partial charge in [-0.3, -0.25) is 19.1 Å². The normalized spacial score (nSPS) is 29.7. The van der Waals surface area contributed by atoms with E-state index in [1.54, 1.807) is 43.3 Å². The molecule has 2 aromatic rings. The van der Waals surface area contributed by atoms with Crippen LogP contribution in [0.5, 0.6) is 11.6 Å². The third-order valence-corrected chi connectivity index (χ3v) is 13.4. The van der Waals surface area contributed by atoms with E-state index in [1.807, 2.05) is 0 Å². The molecule has 19 heteroatoms. The summed E-state index contributed by atoms with van der Waals surface area (Å²) in [5, 5.41) is 6.33. The molecule has 7 atom stereocenters. The molecule has 15 nitrogen and oxygen atoms in total. The van der Waals surface area contributed by atoms with Crippen LogP contribution in [0.3, 0.4) is 0 Å². The smallest absolute Gasteiger partial charge is 0.427 e. The first-order valence-electron chi connectivity index (χ1n) is 18.8. The fourth-order valence-electron chi connectivity index (χ4n) is 7.06. The van der Waals surface area contributed by atoms with Gasteiger partial charge in [-0.25, -0.2) is 18.2 Å². The lowest BCUT2D eigenvalue weighted by Gasteiger charge is -2.34. The summed E-state index contributed by atoms with van der Waals surface area (Å²) >= 11 is 0. The molecule has 2 saturated carbocycles. The number of hydrogen-bond donors (Lipinski definition) is 3. The monoisotopic (exact) mass is 823 g/mol. The minimum atomic E-state index is -4.94. The van der Waals surface area contributed by atoms with E-state index in [-0.39, 0.29) is 25.3 Å². The van der Waals surface area contributed by atoms with E-state index in [9.17, 15) is 40.8 Å². The number of nitrogens with zero attached hydrogens (tertiary/aromatic N) is 2. The molecule has 4 amide bonds. The third-order valence-electron chi connectivity index (χ3n) is 11.3. The summed E-state index contributed by atoms with van der Waals surface area (Å²) < 4.78 is 90.9. The van der Waals surface area contributed by atoms with Gasteiger partial charge >= 0.3 is 12.3 Å². The molecule has 0 unspecified atom stereocenters. The highest BCUT2D eigenvalue weighted by atomic mass is 32.2. The SMILES string of the molecule is COc1ccc2c(O[C@@H]3C[C@H]4C(=O)N[C@]5(C(=O)NS(=O)(=O)C6(C)CC6)C[C@H]5/C=C\CC[C@@H](C)O[C@@H](C)[C@H](NC(=O)OC(C)(C)C(F)(F)F)C(=O)N4C3)nccc2c1. The summed E-state index contributed by atoms with van der Waals surface area (Å²) in [6.45, 7) is 5.77. The van der Waals surface area contributed by atoms with Gasteiger partial charge in [0.15, 0.2) is 0 Å². The van der Waals surface area contributed by atoms with Gasteiger partial charge in [-0.05, 0) is 96.4 Å². The number of ether oxygens (including phenoxy) is 4. The number of carbonyl (C=O) groups excluding carboxylic acids is 4. The van der Waals surface area contributed by atoms with Crippen molar-refractivity contribution in [1.29, 1.82) is 0 Å². The van der Waals surface area contributed by atoms with E-state index in [2.05, 4.69) is 20.3 Å². The number of halogens is 3. The van der Waals surface area contributed by atoms with Crippen LogP contribution in [-0.4, -0.2) is 108 Å². The Morgan fingerprint density at radius 1 is 1.12 bits per heavy atom. The number of rotatable bonds is 8. The van der Waals surface area contributed by atoms with Crippen LogP contribution < -0.4 is 24.8 Å². The molecule has 0 bridgehead atoms. The van der Waals surface area contributed by atoms with Crippen molar-refractivity contribution in [2.45, 2.75) is 126 Å². The summed E-state index contributed by atoms with van der Waals surface area (Å²) in [7, 11) is -2.57. The fourth-order valence-corrected chi connectivity index (χ4v) is 8.37. The highest BCUT2D eigenvalue weighted by molar-refractivity contribution is 7.91. The number of nitrogens with one attached hydrogen (secondary N) is 3. The molecule has 3 heterocycles. The van der Waals surface area contributed by atoms with Crippen LogP contribution in [-0.2, 0) is 33.9 Å². The minimum absolute atomic E-state index is 0.0748. The van der Waals surface area contributed by atoms with Gasteiger partial charge in [-0.2, -0.15) is 13.2 Å². The van der Waals surface area contributed by atoms with Gasteiger partial charge in [0.1, 0.15) is 29.5 Å². The Labute approximate surface area is 328 Å². The highest BCUT2D eigenvalue weighted by Crippen LogP contribution is 2.47. The molecule has 312 valence electrons. The van der Waals surface area contributed by atoms with E-state index >= 15 is 0 Å². The number of amides is 4. The standard InChI is InChI=1S/C38H48F3N5O10S/c1-21-9-7-8-10-24-19-37(24,33(49)45-57(51,52)36(5)14-15-36)44-30(47)28-18-26(55-31-27-12-11-25(53-6)17-23(27)13-16-42-31)20-46(28)32(48)29(22(2)54-21)43-34(50)56-35(3,4)38(39,40)41/h8,10-13,16-17,21-22,24,26,28-29H,7,9,14-15,18-20H2,1-6H3,(H,43,50)(H,44,47)(H,45,49)/b10-8-/t21-,22+,24-,26-,28+,29+,37-/m1/s1. The number of fused-ring (bicyclic) bond motifs is 3. The number of hydrogen-bond acceptors (Lipinski definition) is 11. The molecule has 2 aliphatic carbocycles. The topological polar surface area (TPSA) is 192 Å². The second-order valence-electron chi connectivity index (χ2n) is 16.0. The van der Waals surface area contributed by atoms with Gasteiger partial charge in [0.2, 0.25) is 33.3 Å². The predicted octanol–water partition coefficient (Wildman–Crippen LogP) is 4.04. The van der Waals surface area contributed by atoms with Crippen molar-refractivity contribution in [3.63, 3.8) is 0 Å². The number of carbonyl (C=O) groups is 4. The van der Waals surface area contributed by atoms with Crippen molar-refractivity contribution < 1.29 is 59.7 Å². The quantitative estimate of drug-likeness (QED) is 0.326. The molecule has 2 aliphatic heterocycles. The van der Waals surface area contributed by atoms with Crippen LogP contribution in [0.25, 0.3) is 10.8 Å². The molecule has 6 rings (SSSR count). The highest BCUT2D eigenvalue weighted by Gasteiger charge is 2.63. The van der Waals surface area contributed by atoms with Gasteiger partial charge in [0, 0.05) is 23.9 Å². The molecule has 1 saturated heterocycles. The second kappa shape index (κ2) is 15.3. The molecule has 1 aromatic heterocycles. The van der Waals surface area contributed by atoms with Crippen molar-refractivity contribution in [3.8, 4) is 11.6 Å². The van der Waals surface area contributed by atoms with Gasteiger partial charge in [-0.1, -0.05) is 12.2 Å². The molecule has 3 fully saturated rings. The van der Waals surface area contributed by atoms with E-state index in [0.29, 0.717) is 50.7 Å². The number of allylic oxidation sites excluding steroid dienone is 1. The summed E-state index contributed by atoms with van der Waals surface area (Å²) in [6.07, 6.45) is -2.57. The first-order valence-corrected chi connectivity index (χ1v) is 20.2. The van der Waals surface area contributed by atoms with E-state index in [1.165, 1.54) is 27.2 Å². The van der Waals surface area contributed by atoms with Crippen LogP contribution in [0, 0.1) is 5.92 Å². The Morgan fingerprint density at radius 2 is 1.84 bits per heavy atom. The molecular formula is C38H48F3N5O10S. The van der Waals surface area contributed by atoms with E-state index in [0.717, 1.165) is 10.3 Å². The molecule has 0 spiro atoms. The van der Waals surface area contributed by atoms with Gasteiger partial charge in [-0.15, -0.1) is 0 Å². The zero-order chi connectivity index (χ0) is 41.7. The summed E-state index contributed by atoms with van der Waals surface area (Å²) in [6, 6.07) is 3.93. The minimum Gasteiger partial charge on any atom is -0.497 e. The van der Waals surface area contributed by atoms with Crippen molar-refractivity contribution in [2.75, 3.05) is 13.7 Å². The number of alkyl carbamates (subject to hydrolysis) is 1. The molecule has 57 heavy (non-hydrogen) atoms. The van der Waals surface area contributed by atoms with Gasteiger partial charge in [0.05, 0.1) is 30.6 Å². The van der Waals surface area contributed by atoms with Crippen LogP contribution in [0.4, 0.5) is 18.0 Å².